The third-order valence-corrected chi connectivity index (χ3v) is 9.66. The summed E-state index contributed by atoms with van der Waals surface area (Å²) in [6.07, 6.45) is 1.42. The molecule has 6 nitrogen and oxygen atoms in total. The maximum Gasteiger partial charge on any atom is 0.347 e. The first-order valence-corrected chi connectivity index (χ1v) is 9.12. The van der Waals surface area contributed by atoms with E-state index < -0.39 is 0 Å². The van der Waals surface area contributed by atoms with E-state index in [0.29, 0.717) is 17.8 Å². The van der Waals surface area contributed by atoms with Crippen LogP contribution < -0.4 is 11.4 Å². The molecule has 2 aliphatic heterocycles. The predicted octanol–water partition coefficient (Wildman–Crippen LogP) is -0.146. The van der Waals surface area contributed by atoms with Crippen molar-refractivity contribution in [2.75, 3.05) is 0 Å². The molecule has 8 rings (SSSR count). The second-order valence-electron chi connectivity index (χ2n) is 8.48. The van der Waals surface area contributed by atoms with Gasteiger partial charge in [0, 0.05) is 22.7 Å². The highest BCUT2D eigenvalue weighted by Gasteiger charge is 3.03. The summed E-state index contributed by atoms with van der Waals surface area (Å²) < 4.78 is 4.85. The molecule has 0 radical (unpaired) electrons. The van der Waals surface area contributed by atoms with Gasteiger partial charge in [-0.15, -0.1) is 0 Å². The van der Waals surface area contributed by atoms with Crippen molar-refractivity contribution in [2.24, 2.45) is 41.5 Å². The Morgan fingerprint density at radius 2 is 1.55 bits per heavy atom. The highest BCUT2D eigenvalue weighted by molar-refractivity contribution is 9.09. The van der Waals surface area contributed by atoms with Crippen molar-refractivity contribution in [3.8, 4) is 0 Å². The van der Waals surface area contributed by atoms with Gasteiger partial charge in [-0.05, 0) is 36.5 Å². The number of aliphatic hydroxyl groups excluding tert-OH is 1. The number of rotatable bonds is 0. The third kappa shape index (κ3) is 0.658. The first-order valence-electron chi connectivity index (χ1n) is 8.20. The van der Waals surface area contributed by atoms with Crippen LogP contribution in [0.2, 0.25) is 0 Å². The van der Waals surface area contributed by atoms with Gasteiger partial charge in [-0.2, -0.15) is 0 Å². The van der Waals surface area contributed by atoms with Crippen molar-refractivity contribution in [3.05, 3.63) is 21.0 Å². The zero-order chi connectivity index (χ0) is 14.9. The lowest BCUT2D eigenvalue weighted by molar-refractivity contribution is -0.562. The average Bonchev–Trinajstić information content (AvgIpc) is 2.65. The molecule has 7 aliphatic rings. The molecule has 1 aromatic heterocycles. The summed E-state index contributed by atoms with van der Waals surface area (Å²) >= 11 is 3.67. The monoisotopic (exact) mass is 365 g/mol. The highest BCUT2D eigenvalue weighted by Crippen LogP contribution is 3.04. The van der Waals surface area contributed by atoms with Crippen molar-refractivity contribution in [1.29, 1.82) is 0 Å². The molecule has 116 valence electrons. The van der Waals surface area contributed by atoms with Crippen LogP contribution in [0, 0.1) is 34.5 Å². The van der Waals surface area contributed by atoms with E-state index in [4.69, 9.17) is 0 Å². The maximum atomic E-state index is 12.6. The Balaban J connectivity index is 1.58. The summed E-state index contributed by atoms with van der Waals surface area (Å²) in [6, 6.07) is 0.361. The van der Waals surface area contributed by atoms with E-state index in [1.807, 2.05) is 0 Å². The summed E-state index contributed by atoms with van der Waals surface area (Å²) in [5.74, 6) is 2.67. The fourth-order valence-corrected chi connectivity index (χ4v) is 9.26. The molecule has 1 N–H and O–H groups in total. The first kappa shape index (κ1) is 11.7. The Labute approximate surface area is 133 Å². The molecule has 0 aromatic carbocycles. The van der Waals surface area contributed by atoms with E-state index in [1.165, 1.54) is 4.57 Å². The van der Waals surface area contributed by atoms with Gasteiger partial charge in [-0.25, -0.2) is 23.5 Å². The summed E-state index contributed by atoms with van der Waals surface area (Å²) in [5, 5.41) is 10.4. The number of nitrogens with zero attached hydrogens (tertiary/aromatic N) is 3. The van der Waals surface area contributed by atoms with Crippen LogP contribution in [-0.4, -0.2) is 30.0 Å². The molecule has 0 unspecified atom stereocenters. The number of alkyl halides is 1. The molecule has 0 saturated heterocycles. The number of hydrogen-bond donors (Lipinski definition) is 1. The fraction of sp³-hybridized carbons (Fsp3) is 0.867. The zero-order valence-electron chi connectivity index (χ0n) is 12.0. The van der Waals surface area contributed by atoms with E-state index in [1.54, 1.807) is 16.4 Å². The molecule has 0 amide bonds. The molecular formula is C15H16BrN3O3. The van der Waals surface area contributed by atoms with Crippen molar-refractivity contribution in [1.82, 2.24) is 13.9 Å². The second-order valence-corrected chi connectivity index (χ2v) is 9.66. The lowest BCUT2D eigenvalue weighted by atomic mass is 9.04. The number of aliphatic hydroxyl groups is 1. The van der Waals surface area contributed by atoms with Gasteiger partial charge in [-0.1, -0.05) is 15.9 Å². The van der Waals surface area contributed by atoms with Gasteiger partial charge in [0.25, 0.3) is 0 Å². The summed E-state index contributed by atoms with van der Waals surface area (Å²) in [5.41, 5.74) is -0.0336. The molecule has 1 aromatic rings. The quantitative estimate of drug-likeness (QED) is 0.650. The Morgan fingerprint density at radius 1 is 1.05 bits per heavy atom. The lowest BCUT2D eigenvalue weighted by Gasteiger charge is -3.02. The molecule has 5 saturated carbocycles. The van der Waals surface area contributed by atoms with E-state index in [9.17, 15) is 14.7 Å². The minimum absolute atomic E-state index is 0.100. The molecule has 3 heterocycles. The zero-order valence-corrected chi connectivity index (χ0v) is 13.6. The van der Waals surface area contributed by atoms with Crippen molar-refractivity contribution >= 4 is 15.9 Å². The molecular weight excluding hydrogens is 350 g/mol. The molecule has 5 fully saturated rings. The smallest absolute Gasteiger partial charge is 0.347 e. The van der Waals surface area contributed by atoms with Gasteiger partial charge in [0.2, 0.25) is 0 Å². The van der Waals surface area contributed by atoms with Crippen LogP contribution in [0.25, 0.3) is 0 Å². The fourth-order valence-electron chi connectivity index (χ4n) is 8.54. The second kappa shape index (κ2) is 2.73. The Bertz CT molecular complexity index is 845. The lowest BCUT2D eigenvalue weighted by Crippen LogP contribution is -3.01. The van der Waals surface area contributed by atoms with Crippen LogP contribution >= 0.6 is 15.9 Å². The van der Waals surface area contributed by atoms with Crippen LogP contribution in [0.15, 0.2) is 9.59 Å². The van der Waals surface area contributed by atoms with E-state index >= 15 is 0 Å². The minimum atomic E-state index is -0.326. The molecule has 5 aliphatic carbocycles. The van der Waals surface area contributed by atoms with Crippen LogP contribution in [0.3, 0.4) is 0 Å². The molecule has 22 heavy (non-hydrogen) atoms. The summed E-state index contributed by atoms with van der Waals surface area (Å²) in [4.78, 5) is 25.3. The number of hydrogen-bond acceptors (Lipinski definition) is 3. The van der Waals surface area contributed by atoms with Gasteiger partial charge < -0.3 is 5.11 Å². The van der Waals surface area contributed by atoms with Crippen LogP contribution in [0.1, 0.15) is 24.9 Å². The SMILES string of the molecule is Cn1c(=O)n2n(c1=O)[C@H]1[C@@H]3[C@@H]4[C@@H]5[C@@H]3[C@]13C[C@@H](O)[C@H](Br)C[C@@]53[C@H]42. The standard InChI is InChI=1S/C15H16BrN3O3/c1-17-12(21)18-10-6-7-9-8(6)14(10)2-4(16)5(20)3-15(9,14)11(7)19(18)13(17)22/h4-11,20H,2-3H2,1H3/t4-,5-,6-,7-,8-,9-,10+,11+,14+,15-/m1/s1. The Kier molecular flexibility index (Phi) is 1.45. The van der Waals surface area contributed by atoms with Gasteiger partial charge >= 0.3 is 11.4 Å². The first-order chi connectivity index (χ1) is 10.5. The van der Waals surface area contributed by atoms with E-state index in [0.717, 1.165) is 18.8 Å². The van der Waals surface area contributed by atoms with Gasteiger partial charge in [0.15, 0.2) is 0 Å². The van der Waals surface area contributed by atoms with Crippen LogP contribution in [0.5, 0.6) is 0 Å². The number of aromatic nitrogens is 3. The normalized spacial score (nSPS) is 63.6. The minimum Gasteiger partial charge on any atom is -0.392 e. The maximum absolute atomic E-state index is 12.6. The van der Waals surface area contributed by atoms with Crippen molar-refractivity contribution in [3.63, 3.8) is 0 Å². The van der Waals surface area contributed by atoms with E-state index in [-0.39, 0.29) is 45.2 Å². The summed E-state index contributed by atoms with van der Waals surface area (Å²) in [7, 11) is 1.59. The molecule has 10 atom stereocenters. The topological polar surface area (TPSA) is 69.2 Å². The summed E-state index contributed by atoms with van der Waals surface area (Å²) in [6.45, 7) is 0. The largest absolute Gasteiger partial charge is 0.392 e. The van der Waals surface area contributed by atoms with Gasteiger partial charge in [0.1, 0.15) is 0 Å². The molecule has 2 spiro atoms. The average molecular weight is 366 g/mol. The third-order valence-electron chi connectivity index (χ3n) is 8.72. The van der Waals surface area contributed by atoms with Gasteiger partial charge in [0.05, 0.1) is 18.2 Å². The Hall–Kier alpha value is -0.820. The van der Waals surface area contributed by atoms with Crippen LogP contribution in [0.4, 0.5) is 0 Å². The predicted molar refractivity (Wildman–Crippen MR) is 78.8 cm³/mol. The van der Waals surface area contributed by atoms with Gasteiger partial charge in [-0.3, -0.25) is 0 Å². The van der Waals surface area contributed by atoms with Crippen molar-refractivity contribution in [2.45, 2.75) is 35.9 Å². The molecule has 2 bridgehead atoms. The Morgan fingerprint density at radius 3 is 2.09 bits per heavy atom. The number of halogens is 1. The molecule has 7 heteroatoms. The van der Waals surface area contributed by atoms with E-state index in [2.05, 4.69) is 15.9 Å². The van der Waals surface area contributed by atoms with Crippen LogP contribution in [-0.2, 0) is 7.05 Å². The highest BCUT2D eigenvalue weighted by atomic mass is 79.9. The van der Waals surface area contributed by atoms with Crippen molar-refractivity contribution < 1.29 is 5.11 Å².